The molecule has 0 saturated carbocycles. The minimum atomic E-state index is -0.134. The van der Waals surface area contributed by atoms with Crippen molar-refractivity contribution in [1.82, 2.24) is 15.2 Å². The van der Waals surface area contributed by atoms with E-state index in [2.05, 4.69) is 36.3 Å². The van der Waals surface area contributed by atoms with Crippen LogP contribution in [-0.4, -0.2) is 41.8 Å². The third-order valence-corrected chi connectivity index (χ3v) is 4.83. The van der Waals surface area contributed by atoms with E-state index in [0.29, 0.717) is 12.8 Å². The number of nitrogens with one attached hydrogen (secondary N) is 2. The number of nitrogens with zero attached hydrogens (tertiary/aromatic N) is 1. The van der Waals surface area contributed by atoms with Gasteiger partial charge in [-0.1, -0.05) is 12.1 Å². The van der Waals surface area contributed by atoms with Gasteiger partial charge >= 0.3 is 0 Å². The molecule has 1 atom stereocenters. The van der Waals surface area contributed by atoms with Gasteiger partial charge in [-0.2, -0.15) is 0 Å². The van der Waals surface area contributed by atoms with Crippen molar-refractivity contribution in [3.8, 4) is 0 Å². The van der Waals surface area contributed by atoms with Crippen molar-refractivity contribution in [3.63, 3.8) is 0 Å². The average molecular weight is 329 g/mol. The van der Waals surface area contributed by atoms with Crippen molar-refractivity contribution in [2.75, 3.05) is 14.1 Å². The molecule has 0 aliphatic heterocycles. The van der Waals surface area contributed by atoms with Gasteiger partial charge in [0, 0.05) is 43.2 Å². The number of benzene rings is 1. The highest BCUT2D eigenvalue weighted by Crippen LogP contribution is 2.28. The molecule has 0 spiro atoms. The number of fused-ring (bicyclic) bond motifs is 1. The average Bonchev–Trinajstić information content (AvgIpc) is 2.87. The maximum absolute atomic E-state index is 12.7. The van der Waals surface area contributed by atoms with Crippen LogP contribution in [0.1, 0.15) is 35.7 Å². The second kappa shape index (κ2) is 7.07. The predicted octanol–water partition coefficient (Wildman–Crippen LogP) is 2.62. The summed E-state index contributed by atoms with van der Waals surface area (Å²) in [6, 6.07) is 4.05. The molecule has 0 bridgehead atoms. The molecule has 2 rings (SSSR count). The summed E-state index contributed by atoms with van der Waals surface area (Å²) < 4.78 is 0. The highest BCUT2D eigenvalue weighted by Gasteiger charge is 2.21. The Morgan fingerprint density at radius 3 is 2.46 bits per heavy atom. The summed E-state index contributed by atoms with van der Waals surface area (Å²) in [5, 5.41) is 3.75. The van der Waals surface area contributed by atoms with Crippen LogP contribution in [0.3, 0.4) is 0 Å². The summed E-state index contributed by atoms with van der Waals surface area (Å²) in [6.07, 6.45) is 0.647. The lowest BCUT2D eigenvalue weighted by Crippen LogP contribution is -2.39. The molecule has 130 valence electrons. The number of rotatable bonds is 5. The molecular weight excluding hydrogens is 302 g/mol. The van der Waals surface area contributed by atoms with Crippen LogP contribution in [0.2, 0.25) is 0 Å². The quantitative estimate of drug-likeness (QED) is 0.885. The third kappa shape index (κ3) is 3.45. The van der Waals surface area contributed by atoms with Gasteiger partial charge in [-0.05, 0) is 44.4 Å². The Morgan fingerprint density at radius 2 is 1.83 bits per heavy atom. The van der Waals surface area contributed by atoms with Crippen LogP contribution in [-0.2, 0) is 16.0 Å². The fourth-order valence-corrected chi connectivity index (χ4v) is 3.06. The number of carbonyl (C=O) groups is 2. The van der Waals surface area contributed by atoms with Gasteiger partial charge in [0.05, 0.1) is 6.42 Å². The largest absolute Gasteiger partial charge is 0.359 e. The molecule has 0 aliphatic carbocycles. The molecule has 0 aliphatic rings. The topological polar surface area (TPSA) is 65.2 Å². The molecule has 2 aromatic rings. The van der Waals surface area contributed by atoms with Gasteiger partial charge in [-0.25, -0.2) is 0 Å². The zero-order valence-electron chi connectivity index (χ0n) is 15.4. The molecule has 0 radical (unpaired) electrons. The first-order valence-corrected chi connectivity index (χ1v) is 8.29. The van der Waals surface area contributed by atoms with Gasteiger partial charge in [0.1, 0.15) is 0 Å². The van der Waals surface area contributed by atoms with E-state index < -0.39 is 0 Å². The van der Waals surface area contributed by atoms with Crippen LogP contribution in [0.4, 0.5) is 0 Å². The second-order valence-electron chi connectivity index (χ2n) is 6.59. The number of carbonyl (C=O) groups excluding carboxylic acids is 2. The smallest absolute Gasteiger partial charge is 0.227 e. The van der Waals surface area contributed by atoms with Gasteiger partial charge < -0.3 is 15.2 Å². The van der Waals surface area contributed by atoms with Crippen molar-refractivity contribution in [2.24, 2.45) is 0 Å². The van der Waals surface area contributed by atoms with Crippen molar-refractivity contribution < 1.29 is 9.59 Å². The van der Waals surface area contributed by atoms with Crippen molar-refractivity contribution in [1.29, 1.82) is 0 Å². The van der Waals surface area contributed by atoms with E-state index >= 15 is 0 Å². The van der Waals surface area contributed by atoms with E-state index in [1.807, 2.05) is 13.8 Å². The number of aryl methyl sites for hydroxylation is 3. The van der Waals surface area contributed by atoms with Crippen LogP contribution >= 0.6 is 0 Å². The minimum Gasteiger partial charge on any atom is -0.359 e. The summed E-state index contributed by atoms with van der Waals surface area (Å²) in [6.45, 7) is 8.04. The zero-order valence-corrected chi connectivity index (χ0v) is 15.4. The van der Waals surface area contributed by atoms with Gasteiger partial charge in [0.15, 0.2) is 0 Å². The van der Waals surface area contributed by atoms with Crippen LogP contribution in [0.25, 0.3) is 10.9 Å². The molecule has 24 heavy (non-hydrogen) atoms. The molecule has 1 aromatic carbocycles. The van der Waals surface area contributed by atoms with Crippen molar-refractivity contribution >= 4 is 22.7 Å². The summed E-state index contributed by atoms with van der Waals surface area (Å²) in [7, 11) is 3.37. The standard InChI is InChI=1S/C19H27N3O2/c1-11-7-8-12(2)19-18(11)15(14(4)21-19)10-17(24)22(6)13(3)9-16(23)20-5/h7-8,13,21H,9-10H2,1-6H3,(H,20,23)/t13-/m1/s1. The number of amides is 2. The van der Waals surface area contributed by atoms with Crippen LogP contribution in [0, 0.1) is 20.8 Å². The summed E-state index contributed by atoms with van der Waals surface area (Å²) in [5.74, 6) is -0.0341. The number of aromatic nitrogens is 1. The monoisotopic (exact) mass is 329 g/mol. The van der Waals surface area contributed by atoms with Crippen LogP contribution in [0.15, 0.2) is 12.1 Å². The van der Waals surface area contributed by atoms with Gasteiger partial charge in [-0.15, -0.1) is 0 Å². The molecule has 1 heterocycles. The Bertz CT molecular complexity index is 777. The lowest BCUT2D eigenvalue weighted by molar-refractivity contribution is -0.132. The molecule has 1 aromatic heterocycles. The third-order valence-electron chi connectivity index (χ3n) is 4.83. The number of H-pyrrole nitrogens is 1. The Kier molecular flexibility index (Phi) is 5.32. The SMILES string of the molecule is CNC(=O)C[C@@H](C)N(C)C(=O)Cc1c(C)[nH]c2c(C)ccc(C)c12. The molecule has 2 amide bonds. The fraction of sp³-hybridized carbons (Fsp3) is 0.474. The molecule has 0 saturated heterocycles. The Morgan fingerprint density at radius 1 is 1.21 bits per heavy atom. The summed E-state index contributed by atoms with van der Waals surface area (Å²) in [5.41, 5.74) is 5.54. The Hall–Kier alpha value is -2.30. The van der Waals surface area contributed by atoms with Crippen molar-refractivity contribution in [2.45, 2.75) is 46.6 Å². The lowest BCUT2D eigenvalue weighted by atomic mass is 10.0. The predicted molar refractivity (Wildman–Crippen MR) is 97.1 cm³/mol. The lowest BCUT2D eigenvalue weighted by Gasteiger charge is -2.24. The Labute approximate surface area is 143 Å². The normalized spacial score (nSPS) is 12.2. The molecule has 0 fully saturated rings. The first-order valence-electron chi connectivity index (χ1n) is 8.29. The fourth-order valence-electron chi connectivity index (χ4n) is 3.06. The zero-order chi connectivity index (χ0) is 18.0. The maximum atomic E-state index is 12.7. The first kappa shape index (κ1) is 18.0. The van der Waals surface area contributed by atoms with E-state index in [0.717, 1.165) is 22.2 Å². The van der Waals surface area contributed by atoms with E-state index in [9.17, 15) is 9.59 Å². The highest BCUT2D eigenvalue weighted by molar-refractivity contribution is 5.94. The van der Waals surface area contributed by atoms with E-state index in [4.69, 9.17) is 0 Å². The van der Waals surface area contributed by atoms with Crippen LogP contribution < -0.4 is 5.32 Å². The number of hydrogen-bond donors (Lipinski definition) is 2. The molecule has 5 nitrogen and oxygen atoms in total. The number of likely N-dealkylation sites (N-methyl/N-ethyl adjacent to an activating group) is 1. The van der Waals surface area contributed by atoms with E-state index in [1.165, 1.54) is 11.1 Å². The molecule has 5 heteroatoms. The van der Waals surface area contributed by atoms with Gasteiger partial charge in [0.25, 0.3) is 0 Å². The maximum Gasteiger partial charge on any atom is 0.227 e. The second-order valence-corrected chi connectivity index (χ2v) is 6.59. The minimum absolute atomic E-state index is 0.0244. The van der Waals surface area contributed by atoms with Gasteiger partial charge in [-0.3, -0.25) is 9.59 Å². The number of hydrogen-bond acceptors (Lipinski definition) is 2. The highest BCUT2D eigenvalue weighted by atomic mass is 16.2. The molecule has 2 N–H and O–H groups in total. The summed E-state index contributed by atoms with van der Waals surface area (Å²) in [4.78, 5) is 29.3. The van der Waals surface area contributed by atoms with Crippen LogP contribution in [0.5, 0.6) is 0 Å². The van der Waals surface area contributed by atoms with Crippen molar-refractivity contribution in [3.05, 3.63) is 34.5 Å². The number of aromatic amines is 1. The summed E-state index contributed by atoms with van der Waals surface area (Å²) >= 11 is 0. The van der Waals surface area contributed by atoms with E-state index in [1.54, 1.807) is 19.0 Å². The molecule has 0 unspecified atom stereocenters. The van der Waals surface area contributed by atoms with E-state index in [-0.39, 0.29) is 17.9 Å². The molecular formula is C19H27N3O2. The Balaban J connectivity index is 2.26. The first-order chi connectivity index (χ1) is 11.3. The van der Waals surface area contributed by atoms with Gasteiger partial charge in [0.2, 0.25) is 11.8 Å².